The molecule has 4 heteroatoms. The van der Waals surface area contributed by atoms with E-state index in [2.05, 4.69) is 0 Å². The van der Waals surface area contributed by atoms with Crippen LogP contribution in [0.25, 0.3) is 0 Å². The fourth-order valence-corrected chi connectivity index (χ4v) is 1.48. The third-order valence-corrected chi connectivity index (χ3v) is 2.91. The second kappa shape index (κ2) is 4.39. The van der Waals surface area contributed by atoms with Crippen LogP contribution in [-0.4, -0.2) is 16.8 Å². The summed E-state index contributed by atoms with van der Waals surface area (Å²) in [5.74, 6) is -0.00630. The highest BCUT2D eigenvalue weighted by atomic mass is 35.5. The SMILES string of the molecule is CC(C)(CO)[C@@H](N)c1cccc(Cl)c1O. The maximum Gasteiger partial charge on any atom is 0.138 e. The van der Waals surface area contributed by atoms with Gasteiger partial charge in [0.15, 0.2) is 0 Å². The normalized spacial score (nSPS) is 13.9. The first kappa shape index (κ1) is 12.3. The predicted octanol–water partition coefficient (Wildman–Crippen LogP) is 2.06. The fraction of sp³-hybridized carbons (Fsp3) is 0.455. The minimum Gasteiger partial charge on any atom is -0.506 e. The number of benzene rings is 1. The summed E-state index contributed by atoms with van der Waals surface area (Å²) in [6.07, 6.45) is 0. The zero-order valence-corrected chi connectivity index (χ0v) is 9.62. The number of hydrogen-bond donors (Lipinski definition) is 3. The quantitative estimate of drug-likeness (QED) is 0.743. The van der Waals surface area contributed by atoms with E-state index in [4.69, 9.17) is 17.3 Å². The Bertz CT molecular complexity index is 352. The van der Waals surface area contributed by atoms with Crippen molar-refractivity contribution in [2.45, 2.75) is 19.9 Å². The van der Waals surface area contributed by atoms with E-state index >= 15 is 0 Å². The third-order valence-electron chi connectivity index (χ3n) is 2.60. The molecule has 1 aromatic rings. The van der Waals surface area contributed by atoms with Gasteiger partial charge in [-0.2, -0.15) is 0 Å². The van der Waals surface area contributed by atoms with E-state index in [9.17, 15) is 10.2 Å². The van der Waals surface area contributed by atoms with Gasteiger partial charge in [0.25, 0.3) is 0 Å². The van der Waals surface area contributed by atoms with Crippen molar-refractivity contribution < 1.29 is 10.2 Å². The molecule has 84 valence electrons. The molecule has 0 aliphatic heterocycles. The van der Waals surface area contributed by atoms with Crippen molar-refractivity contribution in [2.75, 3.05) is 6.61 Å². The molecule has 0 radical (unpaired) electrons. The number of aliphatic hydroxyl groups is 1. The Kier molecular flexibility index (Phi) is 3.60. The molecular weight excluding hydrogens is 214 g/mol. The van der Waals surface area contributed by atoms with Crippen LogP contribution in [0.4, 0.5) is 0 Å². The molecule has 3 nitrogen and oxygen atoms in total. The van der Waals surface area contributed by atoms with Crippen LogP contribution in [0.1, 0.15) is 25.5 Å². The molecule has 1 aromatic carbocycles. The first-order valence-corrected chi connectivity index (χ1v) is 5.12. The lowest BCUT2D eigenvalue weighted by atomic mass is 9.81. The molecule has 0 spiro atoms. The number of hydrogen-bond acceptors (Lipinski definition) is 3. The maximum absolute atomic E-state index is 9.73. The van der Waals surface area contributed by atoms with Crippen LogP contribution in [0.3, 0.4) is 0 Å². The average Bonchev–Trinajstić information content (AvgIpc) is 2.21. The minimum absolute atomic E-state index is 0.00630. The van der Waals surface area contributed by atoms with E-state index in [-0.39, 0.29) is 17.4 Å². The standard InChI is InChI=1S/C11H16ClNO2/c1-11(2,6-14)10(13)7-4-3-5-8(12)9(7)15/h3-5,10,14-15H,6,13H2,1-2H3/t10-/m0/s1. The minimum atomic E-state index is -0.498. The molecule has 0 aliphatic rings. The van der Waals surface area contributed by atoms with Crippen LogP contribution in [0.5, 0.6) is 5.75 Å². The van der Waals surface area contributed by atoms with Crippen LogP contribution in [0.15, 0.2) is 18.2 Å². The van der Waals surface area contributed by atoms with Crippen molar-refractivity contribution >= 4 is 11.6 Å². The lowest BCUT2D eigenvalue weighted by molar-refractivity contribution is 0.131. The Hall–Kier alpha value is -0.770. The zero-order valence-electron chi connectivity index (χ0n) is 8.87. The maximum atomic E-state index is 9.73. The van der Waals surface area contributed by atoms with E-state index in [1.165, 1.54) is 0 Å². The van der Waals surface area contributed by atoms with Gasteiger partial charge in [0, 0.05) is 23.6 Å². The van der Waals surface area contributed by atoms with E-state index < -0.39 is 11.5 Å². The van der Waals surface area contributed by atoms with Gasteiger partial charge in [-0.25, -0.2) is 0 Å². The van der Waals surface area contributed by atoms with Gasteiger partial charge in [0.2, 0.25) is 0 Å². The van der Waals surface area contributed by atoms with Crippen LogP contribution in [0.2, 0.25) is 5.02 Å². The van der Waals surface area contributed by atoms with Gasteiger partial charge in [0.1, 0.15) is 5.75 Å². The number of halogens is 1. The van der Waals surface area contributed by atoms with E-state index in [1.807, 2.05) is 13.8 Å². The Balaban J connectivity index is 3.12. The molecule has 1 atom stereocenters. The first-order valence-electron chi connectivity index (χ1n) is 4.74. The van der Waals surface area contributed by atoms with Gasteiger partial charge in [-0.05, 0) is 6.07 Å². The highest BCUT2D eigenvalue weighted by Gasteiger charge is 2.29. The van der Waals surface area contributed by atoms with Crippen molar-refractivity contribution in [2.24, 2.45) is 11.1 Å². The van der Waals surface area contributed by atoms with Crippen LogP contribution in [0, 0.1) is 5.41 Å². The zero-order chi connectivity index (χ0) is 11.6. The van der Waals surface area contributed by atoms with Gasteiger partial charge in [-0.15, -0.1) is 0 Å². The van der Waals surface area contributed by atoms with Gasteiger partial charge < -0.3 is 15.9 Å². The molecule has 0 unspecified atom stereocenters. The molecule has 0 aromatic heterocycles. The van der Waals surface area contributed by atoms with Crippen molar-refractivity contribution in [3.63, 3.8) is 0 Å². The molecule has 0 bridgehead atoms. The van der Waals surface area contributed by atoms with Crippen LogP contribution >= 0.6 is 11.6 Å². The molecule has 0 saturated carbocycles. The topological polar surface area (TPSA) is 66.5 Å². The second-order valence-electron chi connectivity index (χ2n) is 4.30. The molecule has 0 saturated heterocycles. The number of aliphatic hydroxyl groups excluding tert-OH is 1. The lowest BCUT2D eigenvalue weighted by Gasteiger charge is -2.30. The van der Waals surface area contributed by atoms with E-state index in [0.717, 1.165) is 0 Å². The van der Waals surface area contributed by atoms with Crippen molar-refractivity contribution in [1.82, 2.24) is 0 Å². The number of phenols is 1. The molecule has 0 aliphatic carbocycles. The summed E-state index contributed by atoms with van der Waals surface area (Å²) in [4.78, 5) is 0. The summed E-state index contributed by atoms with van der Waals surface area (Å²) < 4.78 is 0. The molecular formula is C11H16ClNO2. The predicted molar refractivity (Wildman–Crippen MR) is 60.9 cm³/mol. The summed E-state index contributed by atoms with van der Waals surface area (Å²) >= 11 is 5.78. The molecule has 0 amide bonds. The Morgan fingerprint density at radius 2 is 2.07 bits per heavy atom. The number of phenolic OH excluding ortho intramolecular Hbond substituents is 1. The molecule has 4 N–H and O–H groups in total. The monoisotopic (exact) mass is 229 g/mol. The van der Waals surface area contributed by atoms with Crippen molar-refractivity contribution in [1.29, 1.82) is 0 Å². The Morgan fingerprint density at radius 3 is 2.60 bits per heavy atom. The highest BCUT2D eigenvalue weighted by molar-refractivity contribution is 6.32. The second-order valence-corrected chi connectivity index (χ2v) is 4.71. The molecule has 1 rings (SSSR count). The summed E-state index contributed by atoms with van der Waals surface area (Å²) in [6, 6.07) is 4.58. The lowest BCUT2D eigenvalue weighted by Crippen LogP contribution is -2.32. The number of nitrogens with two attached hydrogens (primary N) is 1. The Labute approximate surface area is 94.5 Å². The summed E-state index contributed by atoms with van der Waals surface area (Å²) in [6.45, 7) is 3.61. The largest absolute Gasteiger partial charge is 0.506 e. The molecule has 0 fully saturated rings. The van der Waals surface area contributed by atoms with Gasteiger partial charge >= 0.3 is 0 Å². The fourth-order valence-electron chi connectivity index (χ4n) is 1.30. The number of rotatable bonds is 3. The van der Waals surface area contributed by atoms with Gasteiger partial charge in [-0.1, -0.05) is 37.6 Å². The summed E-state index contributed by atoms with van der Waals surface area (Å²) in [7, 11) is 0. The Morgan fingerprint density at radius 1 is 1.47 bits per heavy atom. The first-order chi connectivity index (χ1) is 6.90. The van der Waals surface area contributed by atoms with Gasteiger partial charge in [0.05, 0.1) is 5.02 Å². The van der Waals surface area contributed by atoms with Crippen molar-refractivity contribution in [3.8, 4) is 5.75 Å². The number of para-hydroxylation sites is 1. The van der Waals surface area contributed by atoms with Crippen molar-refractivity contribution in [3.05, 3.63) is 28.8 Å². The van der Waals surface area contributed by atoms with Crippen LogP contribution in [-0.2, 0) is 0 Å². The molecule has 15 heavy (non-hydrogen) atoms. The van der Waals surface area contributed by atoms with Gasteiger partial charge in [-0.3, -0.25) is 0 Å². The summed E-state index contributed by atoms with van der Waals surface area (Å²) in [5, 5.41) is 19.2. The summed E-state index contributed by atoms with van der Waals surface area (Å²) in [5.41, 5.74) is 6.03. The van der Waals surface area contributed by atoms with E-state index in [1.54, 1.807) is 18.2 Å². The number of aromatic hydroxyl groups is 1. The average molecular weight is 230 g/mol. The smallest absolute Gasteiger partial charge is 0.138 e. The third kappa shape index (κ3) is 2.43. The van der Waals surface area contributed by atoms with Crippen LogP contribution < -0.4 is 5.73 Å². The highest BCUT2D eigenvalue weighted by Crippen LogP contribution is 2.38. The van der Waals surface area contributed by atoms with E-state index in [0.29, 0.717) is 5.56 Å². The molecule has 0 heterocycles.